The zero-order valence-corrected chi connectivity index (χ0v) is 5.25. The molecule has 0 heterocycles. The Morgan fingerprint density at radius 2 is 2.00 bits per heavy atom. The third-order valence-corrected chi connectivity index (χ3v) is 0.854. The lowest BCUT2D eigenvalue weighted by atomic mass is 10.2. The molecule has 0 aliphatic heterocycles. The molecular weight excluding hydrogens is 122 g/mol. The molecule has 0 bridgehead atoms. The summed E-state index contributed by atoms with van der Waals surface area (Å²) >= 11 is 0. The Labute approximate surface area is 52.3 Å². The van der Waals surface area contributed by atoms with Gasteiger partial charge in [0.05, 0.1) is 10.5 Å². The fourth-order valence-electron chi connectivity index (χ4n) is 0.249. The van der Waals surface area contributed by atoms with Crippen LogP contribution < -0.4 is 0 Å². The van der Waals surface area contributed by atoms with Gasteiger partial charge in [0.25, 0.3) is 0 Å². The molecule has 0 aliphatic carbocycles. The van der Waals surface area contributed by atoms with Gasteiger partial charge in [-0.1, -0.05) is 0 Å². The Bertz CT molecular complexity index is 171. The second-order valence-electron chi connectivity index (χ2n) is 1.65. The largest absolute Gasteiger partial charge is 0.295 e. The van der Waals surface area contributed by atoms with E-state index in [4.69, 9.17) is 0 Å². The number of nitro groups is 1. The lowest BCUT2D eigenvalue weighted by Crippen LogP contribution is -1.95. The van der Waals surface area contributed by atoms with E-state index >= 15 is 0 Å². The summed E-state index contributed by atoms with van der Waals surface area (Å²) in [5, 5.41) is 9.69. The normalized spacial score (nSPS) is 11.1. The van der Waals surface area contributed by atoms with Crippen molar-refractivity contribution >= 4 is 5.78 Å². The fraction of sp³-hybridized carbons (Fsp3) is 0.400. The van der Waals surface area contributed by atoms with Crippen LogP contribution in [-0.4, -0.2) is 10.7 Å². The highest BCUT2D eigenvalue weighted by Crippen LogP contribution is 1.92. The molecule has 0 fully saturated rings. The van der Waals surface area contributed by atoms with Gasteiger partial charge in [0.2, 0.25) is 6.20 Å². The summed E-state index contributed by atoms with van der Waals surface area (Å²) in [6.07, 6.45) is 0.697. The van der Waals surface area contributed by atoms with Crippen LogP contribution in [0.5, 0.6) is 0 Å². The Balaban J connectivity index is 4.17. The number of nitrogens with zero attached hydrogens (tertiary/aromatic N) is 1. The van der Waals surface area contributed by atoms with Crippen molar-refractivity contribution < 1.29 is 9.72 Å². The second-order valence-corrected chi connectivity index (χ2v) is 1.65. The van der Waals surface area contributed by atoms with Crippen LogP contribution in [0.1, 0.15) is 13.8 Å². The van der Waals surface area contributed by atoms with Crippen LogP contribution >= 0.6 is 0 Å². The van der Waals surface area contributed by atoms with Crippen molar-refractivity contribution in [1.29, 1.82) is 0 Å². The minimum absolute atomic E-state index is 0.167. The average Bonchev–Trinajstić information content (AvgIpc) is 1.63. The highest BCUT2D eigenvalue weighted by Gasteiger charge is 1.99. The van der Waals surface area contributed by atoms with E-state index in [1.807, 2.05) is 0 Å². The van der Waals surface area contributed by atoms with Crippen molar-refractivity contribution in [1.82, 2.24) is 0 Å². The molecule has 0 saturated carbocycles. The highest BCUT2D eigenvalue weighted by molar-refractivity contribution is 5.92. The van der Waals surface area contributed by atoms with E-state index in [1.165, 1.54) is 13.8 Å². The van der Waals surface area contributed by atoms with E-state index in [1.54, 1.807) is 0 Å². The maximum atomic E-state index is 10.3. The molecule has 0 aliphatic rings. The van der Waals surface area contributed by atoms with Gasteiger partial charge in [-0.2, -0.15) is 0 Å². The maximum Gasteiger partial charge on any atom is 0.240 e. The van der Waals surface area contributed by atoms with E-state index < -0.39 is 4.92 Å². The monoisotopic (exact) mass is 129 g/mol. The summed E-state index contributed by atoms with van der Waals surface area (Å²) < 4.78 is 0. The summed E-state index contributed by atoms with van der Waals surface area (Å²) in [7, 11) is 0. The van der Waals surface area contributed by atoms with Crippen molar-refractivity contribution in [2.24, 2.45) is 0 Å². The van der Waals surface area contributed by atoms with Gasteiger partial charge in [-0.05, 0) is 13.8 Å². The maximum absolute atomic E-state index is 10.3. The Morgan fingerprint density at radius 3 is 2.11 bits per heavy atom. The van der Waals surface area contributed by atoms with Gasteiger partial charge in [0, 0.05) is 0 Å². The molecule has 9 heavy (non-hydrogen) atoms. The van der Waals surface area contributed by atoms with Gasteiger partial charge >= 0.3 is 0 Å². The second kappa shape index (κ2) is 2.96. The van der Waals surface area contributed by atoms with Crippen LogP contribution in [0.2, 0.25) is 0 Å². The summed E-state index contributed by atoms with van der Waals surface area (Å²) in [5.74, 6) is -0.272. The zero-order chi connectivity index (χ0) is 7.44. The molecule has 0 N–H and O–H groups in total. The number of carbonyl (C=O) groups is 1. The van der Waals surface area contributed by atoms with Crippen molar-refractivity contribution in [3.05, 3.63) is 21.9 Å². The molecule has 50 valence electrons. The smallest absolute Gasteiger partial charge is 0.240 e. The van der Waals surface area contributed by atoms with Crippen molar-refractivity contribution in [3.8, 4) is 0 Å². The Morgan fingerprint density at radius 1 is 1.56 bits per heavy atom. The van der Waals surface area contributed by atoms with Crippen LogP contribution in [0.15, 0.2) is 11.8 Å². The summed E-state index contributed by atoms with van der Waals surface area (Å²) in [6.45, 7) is 2.69. The van der Waals surface area contributed by atoms with Gasteiger partial charge in [0.1, 0.15) is 0 Å². The van der Waals surface area contributed by atoms with E-state index in [0.29, 0.717) is 6.20 Å². The number of hydrogen-bond acceptors (Lipinski definition) is 3. The van der Waals surface area contributed by atoms with Crippen LogP contribution in [0.3, 0.4) is 0 Å². The minimum atomic E-state index is -0.642. The van der Waals surface area contributed by atoms with Crippen LogP contribution in [0.25, 0.3) is 0 Å². The number of allylic oxidation sites excluding steroid dienone is 1. The Hall–Kier alpha value is -1.19. The van der Waals surface area contributed by atoms with Gasteiger partial charge in [-0.15, -0.1) is 0 Å². The fourth-order valence-corrected chi connectivity index (χ4v) is 0.249. The average molecular weight is 129 g/mol. The van der Waals surface area contributed by atoms with Gasteiger partial charge < -0.3 is 0 Å². The molecule has 0 unspecified atom stereocenters. The van der Waals surface area contributed by atoms with Crippen molar-refractivity contribution in [3.63, 3.8) is 0 Å². The SMILES string of the molecule is CC(=O)C(C)=C[N+](=O)[O-]. The number of Topliss-reactive ketones (excluding diaryl/α,β-unsaturated/α-hetero) is 1. The third-order valence-electron chi connectivity index (χ3n) is 0.854. The summed E-state index contributed by atoms with van der Waals surface area (Å²) in [6, 6.07) is 0. The lowest BCUT2D eigenvalue weighted by molar-refractivity contribution is -0.403. The number of rotatable bonds is 2. The van der Waals surface area contributed by atoms with E-state index in [-0.39, 0.29) is 11.4 Å². The summed E-state index contributed by atoms with van der Waals surface area (Å²) in [4.78, 5) is 19.4. The first kappa shape index (κ1) is 7.81. The molecule has 4 heteroatoms. The molecule has 0 aromatic rings. The van der Waals surface area contributed by atoms with E-state index in [0.717, 1.165) is 0 Å². The molecule has 0 saturated heterocycles. The molecule has 0 atom stereocenters. The molecule has 0 amide bonds. The molecule has 0 aromatic heterocycles. The minimum Gasteiger partial charge on any atom is -0.295 e. The number of ketones is 1. The first-order valence-corrected chi connectivity index (χ1v) is 2.37. The highest BCUT2D eigenvalue weighted by atomic mass is 16.6. The Kier molecular flexibility index (Phi) is 2.57. The van der Waals surface area contributed by atoms with E-state index in [2.05, 4.69) is 0 Å². The predicted molar refractivity (Wildman–Crippen MR) is 31.4 cm³/mol. The van der Waals surface area contributed by atoms with Gasteiger partial charge in [0.15, 0.2) is 5.78 Å². The molecular formula is C5H7NO3. The van der Waals surface area contributed by atoms with Crippen molar-refractivity contribution in [2.45, 2.75) is 13.8 Å². The van der Waals surface area contributed by atoms with E-state index in [9.17, 15) is 14.9 Å². The van der Waals surface area contributed by atoms with Crippen LogP contribution in [0, 0.1) is 10.1 Å². The van der Waals surface area contributed by atoms with Crippen LogP contribution in [0.4, 0.5) is 0 Å². The standard InChI is InChI=1S/C5H7NO3/c1-4(5(2)7)3-6(8)9/h3H,1-2H3. The zero-order valence-electron chi connectivity index (χ0n) is 5.25. The first-order chi connectivity index (χ1) is 4.04. The molecule has 0 rings (SSSR count). The summed E-state index contributed by atoms with van der Waals surface area (Å²) in [5.41, 5.74) is 0.167. The molecule has 0 radical (unpaired) electrons. The van der Waals surface area contributed by atoms with Crippen LogP contribution in [-0.2, 0) is 4.79 Å². The molecule has 0 aromatic carbocycles. The molecule has 0 spiro atoms. The van der Waals surface area contributed by atoms with Gasteiger partial charge in [-0.25, -0.2) is 0 Å². The van der Waals surface area contributed by atoms with Crippen molar-refractivity contribution in [2.75, 3.05) is 0 Å². The molecule has 4 nitrogen and oxygen atoms in total. The predicted octanol–water partition coefficient (Wildman–Crippen LogP) is 0.756. The lowest BCUT2D eigenvalue weighted by Gasteiger charge is -1.84. The first-order valence-electron chi connectivity index (χ1n) is 2.37. The number of hydrogen-bond donors (Lipinski definition) is 0. The quantitative estimate of drug-likeness (QED) is 0.314. The van der Waals surface area contributed by atoms with Gasteiger partial charge in [-0.3, -0.25) is 14.9 Å². The third kappa shape index (κ3) is 3.40. The topological polar surface area (TPSA) is 60.2 Å². The number of carbonyl (C=O) groups excluding carboxylic acids is 1.